The van der Waals surface area contributed by atoms with Gasteiger partial charge in [-0.3, -0.25) is 4.98 Å². The van der Waals surface area contributed by atoms with Crippen LogP contribution in [0.2, 0.25) is 0 Å². The molecule has 8 rings (SSSR count). The van der Waals surface area contributed by atoms with E-state index in [1.54, 1.807) is 0 Å². The van der Waals surface area contributed by atoms with E-state index < -0.39 is 0 Å². The zero-order valence-corrected chi connectivity index (χ0v) is 20.2. The third kappa shape index (κ3) is 2.69. The van der Waals surface area contributed by atoms with Gasteiger partial charge in [-0.1, -0.05) is 84.9 Å². The van der Waals surface area contributed by atoms with Crippen LogP contribution in [0, 0.1) is 0 Å². The Kier molecular flexibility index (Phi) is 4.13. The predicted molar refractivity (Wildman–Crippen MR) is 154 cm³/mol. The first-order valence-electron chi connectivity index (χ1n) is 12.2. The molecule has 0 N–H and O–H groups in total. The molecule has 8 aromatic rings. The van der Waals surface area contributed by atoms with Crippen LogP contribution < -0.4 is 0 Å². The molecule has 0 aliphatic heterocycles. The summed E-state index contributed by atoms with van der Waals surface area (Å²) in [4.78, 5) is 4.91. The summed E-state index contributed by atoms with van der Waals surface area (Å²) < 4.78 is 5.02. The molecule has 36 heavy (non-hydrogen) atoms. The van der Waals surface area contributed by atoms with Crippen molar-refractivity contribution in [3.8, 4) is 16.8 Å². The van der Waals surface area contributed by atoms with E-state index >= 15 is 0 Å². The molecule has 5 aromatic carbocycles. The van der Waals surface area contributed by atoms with Crippen LogP contribution in [0.15, 0.2) is 121 Å². The summed E-state index contributed by atoms with van der Waals surface area (Å²) in [6, 6.07) is 41.4. The van der Waals surface area contributed by atoms with Crippen molar-refractivity contribution in [1.82, 2.24) is 9.55 Å². The number of benzene rings is 5. The predicted octanol–water partition coefficient (Wildman–Crippen LogP) is 9.37. The van der Waals surface area contributed by atoms with Gasteiger partial charge in [0.05, 0.1) is 22.2 Å². The molecule has 0 unspecified atom stereocenters. The topological polar surface area (TPSA) is 17.8 Å². The largest absolute Gasteiger partial charge is 0.307 e. The highest BCUT2D eigenvalue weighted by molar-refractivity contribution is 7.26. The standard InChI is InChI=1S/C33H20N2S/c1-2-9-21(10-3-1)22-16-18-27(24-12-5-4-11-23(22)24)35-28-19-17-26-25-13-6-7-15-30(25)36-33(26)31(28)32-29(35)14-8-20-34-32/h1-20H. The van der Waals surface area contributed by atoms with Crippen molar-refractivity contribution in [1.29, 1.82) is 0 Å². The zero-order chi connectivity index (χ0) is 23.6. The first-order valence-corrected chi connectivity index (χ1v) is 13.0. The lowest BCUT2D eigenvalue weighted by Gasteiger charge is -2.14. The number of thiophene rings is 1. The fourth-order valence-corrected chi connectivity index (χ4v) is 6.95. The monoisotopic (exact) mass is 476 g/mol. The van der Waals surface area contributed by atoms with Crippen molar-refractivity contribution in [3.05, 3.63) is 121 Å². The van der Waals surface area contributed by atoms with Gasteiger partial charge in [0.1, 0.15) is 0 Å². The van der Waals surface area contributed by atoms with Gasteiger partial charge < -0.3 is 4.57 Å². The summed E-state index contributed by atoms with van der Waals surface area (Å²) in [6.07, 6.45) is 1.91. The van der Waals surface area contributed by atoms with Crippen LogP contribution >= 0.6 is 11.3 Å². The fraction of sp³-hybridized carbons (Fsp3) is 0. The van der Waals surface area contributed by atoms with Gasteiger partial charge in [-0.15, -0.1) is 11.3 Å². The van der Waals surface area contributed by atoms with Crippen LogP contribution in [0.25, 0.3) is 69.7 Å². The van der Waals surface area contributed by atoms with Crippen LogP contribution in [-0.2, 0) is 0 Å². The number of aromatic nitrogens is 2. The highest BCUT2D eigenvalue weighted by Crippen LogP contribution is 2.43. The quantitative estimate of drug-likeness (QED) is 0.243. The molecule has 0 aliphatic rings. The molecule has 3 heterocycles. The smallest absolute Gasteiger partial charge is 0.0977 e. The van der Waals surface area contributed by atoms with Gasteiger partial charge >= 0.3 is 0 Å². The van der Waals surface area contributed by atoms with E-state index in [9.17, 15) is 0 Å². The molecule has 0 aliphatic carbocycles. The average molecular weight is 477 g/mol. The Labute approximate surface area is 211 Å². The lowest BCUT2D eigenvalue weighted by atomic mass is 9.97. The Balaban J connectivity index is 1.52. The van der Waals surface area contributed by atoms with Crippen molar-refractivity contribution >= 4 is 64.2 Å². The second kappa shape index (κ2) is 7.51. The van der Waals surface area contributed by atoms with Crippen molar-refractivity contribution in [2.45, 2.75) is 0 Å². The van der Waals surface area contributed by atoms with E-state index in [0.29, 0.717) is 0 Å². The van der Waals surface area contributed by atoms with Gasteiger partial charge in [-0.25, -0.2) is 0 Å². The number of hydrogen-bond acceptors (Lipinski definition) is 2. The van der Waals surface area contributed by atoms with E-state index in [4.69, 9.17) is 4.98 Å². The Hall–Kier alpha value is -4.47. The van der Waals surface area contributed by atoms with E-state index in [1.807, 2.05) is 23.6 Å². The zero-order valence-electron chi connectivity index (χ0n) is 19.3. The molecule has 0 bridgehead atoms. The van der Waals surface area contributed by atoms with Gasteiger partial charge in [0.25, 0.3) is 0 Å². The van der Waals surface area contributed by atoms with Crippen LogP contribution in [0.4, 0.5) is 0 Å². The van der Waals surface area contributed by atoms with Crippen molar-refractivity contribution in [3.63, 3.8) is 0 Å². The van der Waals surface area contributed by atoms with Gasteiger partial charge in [-0.2, -0.15) is 0 Å². The minimum Gasteiger partial charge on any atom is -0.307 e. The summed E-state index contributed by atoms with van der Waals surface area (Å²) in [5.74, 6) is 0. The molecule has 0 saturated heterocycles. The highest BCUT2D eigenvalue weighted by atomic mass is 32.1. The lowest BCUT2D eigenvalue weighted by molar-refractivity contribution is 1.19. The Morgan fingerprint density at radius 2 is 1.33 bits per heavy atom. The molecule has 0 spiro atoms. The first-order chi connectivity index (χ1) is 17.9. The Morgan fingerprint density at radius 3 is 2.22 bits per heavy atom. The molecule has 3 heteroatoms. The molecule has 3 aromatic heterocycles. The summed E-state index contributed by atoms with van der Waals surface area (Å²) >= 11 is 1.86. The SMILES string of the molecule is c1ccc(-c2ccc(-n3c4cccnc4c4c5sc6ccccc6c5ccc43)c3ccccc23)cc1. The van der Waals surface area contributed by atoms with E-state index in [1.165, 1.54) is 58.7 Å². The summed E-state index contributed by atoms with van der Waals surface area (Å²) in [7, 11) is 0. The first kappa shape index (κ1) is 19.8. The molecule has 0 radical (unpaired) electrons. The van der Waals surface area contributed by atoms with Crippen LogP contribution in [0.5, 0.6) is 0 Å². The van der Waals surface area contributed by atoms with Gasteiger partial charge in [0, 0.05) is 37.1 Å². The third-order valence-electron chi connectivity index (χ3n) is 7.26. The maximum absolute atomic E-state index is 4.91. The lowest BCUT2D eigenvalue weighted by Crippen LogP contribution is -1.96. The van der Waals surface area contributed by atoms with E-state index in [0.717, 1.165) is 11.0 Å². The Bertz CT molecular complexity index is 2100. The number of fused-ring (bicyclic) bond motifs is 8. The van der Waals surface area contributed by atoms with Crippen LogP contribution in [0.3, 0.4) is 0 Å². The van der Waals surface area contributed by atoms with Gasteiger partial charge in [0.2, 0.25) is 0 Å². The summed E-state index contributed by atoms with van der Waals surface area (Å²) in [5, 5.41) is 6.34. The van der Waals surface area contributed by atoms with E-state index in [-0.39, 0.29) is 0 Å². The van der Waals surface area contributed by atoms with Crippen molar-refractivity contribution < 1.29 is 0 Å². The van der Waals surface area contributed by atoms with Crippen LogP contribution in [0.1, 0.15) is 0 Å². The van der Waals surface area contributed by atoms with Gasteiger partial charge in [0.15, 0.2) is 0 Å². The van der Waals surface area contributed by atoms with Gasteiger partial charge in [-0.05, 0) is 46.8 Å². The number of pyridine rings is 1. The van der Waals surface area contributed by atoms with Crippen molar-refractivity contribution in [2.24, 2.45) is 0 Å². The fourth-order valence-electron chi connectivity index (χ4n) is 5.70. The van der Waals surface area contributed by atoms with Crippen molar-refractivity contribution in [2.75, 3.05) is 0 Å². The minimum atomic E-state index is 1.06. The third-order valence-corrected chi connectivity index (χ3v) is 8.46. The molecule has 2 nitrogen and oxygen atoms in total. The minimum absolute atomic E-state index is 1.06. The second-order valence-electron chi connectivity index (χ2n) is 9.18. The van der Waals surface area contributed by atoms with E-state index in [2.05, 4.69) is 114 Å². The number of hydrogen-bond donors (Lipinski definition) is 0. The summed E-state index contributed by atoms with van der Waals surface area (Å²) in [6.45, 7) is 0. The summed E-state index contributed by atoms with van der Waals surface area (Å²) in [5.41, 5.74) is 7.05. The average Bonchev–Trinajstić information content (AvgIpc) is 3.49. The Morgan fingerprint density at radius 1 is 0.556 bits per heavy atom. The molecular formula is C33H20N2S. The number of nitrogens with zero attached hydrogens (tertiary/aromatic N) is 2. The molecule has 168 valence electrons. The molecular weight excluding hydrogens is 456 g/mol. The maximum atomic E-state index is 4.91. The highest BCUT2D eigenvalue weighted by Gasteiger charge is 2.19. The molecule has 0 fully saturated rings. The van der Waals surface area contributed by atoms with Crippen LogP contribution in [-0.4, -0.2) is 9.55 Å². The normalized spacial score (nSPS) is 11.9. The molecule has 0 saturated carbocycles. The number of rotatable bonds is 2. The maximum Gasteiger partial charge on any atom is 0.0977 e. The molecule has 0 amide bonds. The molecule has 0 atom stereocenters. The second-order valence-corrected chi connectivity index (χ2v) is 10.2.